The van der Waals surface area contributed by atoms with Crippen molar-refractivity contribution in [1.29, 1.82) is 0 Å². The maximum absolute atomic E-state index is 12.1. The minimum Gasteiger partial charge on any atom is -0.477 e. The summed E-state index contributed by atoms with van der Waals surface area (Å²) in [4.78, 5) is 11.0. The third-order valence-electron chi connectivity index (χ3n) is 3.09. The van der Waals surface area contributed by atoms with Gasteiger partial charge in [0.1, 0.15) is 9.09 Å². The first-order chi connectivity index (χ1) is 8.79. The summed E-state index contributed by atoms with van der Waals surface area (Å²) in [5.41, 5.74) is 0.479. The number of hydrogen-bond acceptors (Lipinski definition) is 4. The van der Waals surface area contributed by atoms with Gasteiger partial charge in [0.25, 0.3) is 0 Å². The number of carboxylic acids is 1. The predicted octanol–water partition coefficient (Wildman–Crippen LogP) is 2.22. The van der Waals surface area contributed by atoms with Gasteiger partial charge in [0.15, 0.2) is 0 Å². The van der Waals surface area contributed by atoms with Gasteiger partial charge in [-0.25, -0.2) is 17.9 Å². The van der Waals surface area contributed by atoms with Crippen molar-refractivity contribution < 1.29 is 18.3 Å². The van der Waals surface area contributed by atoms with E-state index in [4.69, 9.17) is 5.11 Å². The maximum Gasteiger partial charge on any atom is 0.346 e. The highest BCUT2D eigenvalue weighted by atomic mass is 32.2. The summed E-state index contributed by atoms with van der Waals surface area (Å²) in [7, 11) is -3.61. The Balaban J connectivity index is 2.14. The molecule has 0 aromatic carbocycles. The second-order valence-electron chi connectivity index (χ2n) is 5.08. The summed E-state index contributed by atoms with van der Waals surface area (Å²) < 4.78 is 27.0. The number of aryl methyl sites for hydroxylation is 1. The lowest BCUT2D eigenvalue weighted by molar-refractivity contribution is 0.0701. The van der Waals surface area contributed by atoms with E-state index < -0.39 is 16.0 Å². The van der Waals surface area contributed by atoms with E-state index in [0.29, 0.717) is 11.5 Å². The van der Waals surface area contributed by atoms with Crippen LogP contribution in [0.2, 0.25) is 0 Å². The fourth-order valence-corrected chi connectivity index (χ4v) is 4.67. The summed E-state index contributed by atoms with van der Waals surface area (Å²) >= 11 is 0.801. The van der Waals surface area contributed by atoms with E-state index in [1.165, 1.54) is 18.9 Å². The number of carboxylic acid groups (broad SMARTS) is 1. The van der Waals surface area contributed by atoms with E-state index >= 15 is 0 Å². The van der Waals surface area contributed by atoms with Gasteiger partial charge in [-0.3, -0.25) is 0 Å². The molecule has 1 heterocycles. The van der Waals surface area contributed by atoms with Crippen LogP contribution in [-0.4, -0.2) is 25.5 Å². The molecule has 0 aliphatic heterocycles. The molecule has 1 saturated carbocycles. The number of aromatic carboxylic acids is 1. The van der Waals surface area contributed by atoms with E-state index in [1.807, 2.05) is 6.92 Å². The summed E-state index contributed by atoms with van der Waals surface area (Å²) in [5.74, 6) is -0.452. The van der Waals surface area contributed by atoms with Crippen molar-refractivity contribution in [2.45, 2.75) is 43.4 Å². The Labute approximate surface area is 116 Å². The van der Waals surface area contributed by atoms with Crippen LogP contribution in [0.3, 0.4) is 0 Å². The molecule has 0 bridgehead atoms. The van der Waals surface area contributed by atoms with Gasteiger partial charge < -0.3 is 5.11 Å². The van der Waals surface area contributed by atoms with Gasteiger partial charge in [0.05, 0.1) is 0 Å². The number of rotatable bonds is 6. The number of carbonyl (C=O) groups is 1. The Morgan fingerprint density at radius 3 is 2.68 bits per heavy atom. The maximum atomic E-state index is 12.1. The molecule has 1 atom stereocenters. The van der Waals surface area contributed by atoms with Crippen molar-refractivity contribution in [2.24, 2.45) is 5.92 Å². The van der Waals surface area contributed by atoms with Crippen molar-refractivity contribution in [3.05, 3.63) is 16.5 Å². The molecule has 0 amide bonds. The van der Waals surface area contributed by atoms with Crippen molar-refractivity contribution in [3.63, 3.8) is 0 Å². The zero-order chi connectivity index (χ0) is 14.2. The highest BCUT2D eigenvalue weighted by Crippen LogP contribution is 2.34. The summed E-state index contributed by atoms with van der Waals surface area (Å²) in [5, 5.41) is 8.95. The highest BCUT2D eigenvalue weighted by molar-refractivity contribution is 7.91. The van der Waals surface area contributed by atoms with Crippen LogP contribution >= 0.6 is 11.3 Å². The van der Waals surface area contributed by atoms with Gasteiger partial charge >= 0.3 is 5.97 Å². The lowest BCUT2D eigenvalue weighted by Gasteiger charge is -2.12. The predicted molar refractivity (Wildman–Crippen MR) is 73.1 cm³/mol. The Hall–Kier alpha value is -0.920. The van der Waals surface area contributed by atoms with E-state index in [9.17, 15) is 13.2 Å². The molecular formula is C12H17NO4S2. The zero-order valence-corrected chi connectivity index (χ0v) is 12.5. The lowest BCUT2D eigenvalue weighted by atomic mass is 10.2. The first-order valence-electron chi connectivity index (χ1n) is 6.15. The molecule has 1 aromatic rings. The largest absolute Gasteiger partial charge is 0.477 e. The van der Waals surface area contributed by atoms with Crippen LogP contribution < -0.4 is 4.72 Å². The Morgan fingerprint density at radius 2 is 2.21 bits per heavy atom. The minimum absolute atomic E-state index is 0.0741. The summed E-state index contributed by atoms with van der Waals surface area (Å²) in [6, 6.07) is 1.30. The van der Waals surface area contributed by atoms with Crippen molar-refractivity contribution in [2.75, 3.05) is 0 Å². The van der Waals surface area contributed by atoms with E-state index in [2.05, 4.69) is 4.72 Å². The lowest BCUT2D eigenvalue weighted by Crippen LogP contribution is -2.32. The van der Waals surface area contributed by atoms with Gasteiger partial charge in [0, 0.05) is 6.04 Å². The first kappa shape index (κ1) is 14.5. The molecule has 1 fully saturated rings. The zero-order valence-electron chi connectivity index (χ0n) is 10.8. The van der Waals surface area contributed by atoms with E-state index in [1.54, 1.807) is 6.92 Å². The average molecular weight is 303 g/mol. The second kappa shape index (κ2) is 5.22. The minimum atomic E-state index is -3.61. The number of nitrogens with one attached hydrogen (secondary N) is 1. The van der Waals surface area contributed by atoms with Crippen LogP contribution in [0.1, 0.15) is 41.4 Å². The van der Waals surface area contributed by atoms with Gasteiger partial charge in [-0.15, -0.1) is 11.3 Å². The Bertz CT molecular complexity index is 587. The average Bonchev–Trinajstić information content (AvgIpc) is 2.96. The molecule has 5 nitrogen and oxygen atoms in total. The molecule has 0 spiro atoms. The van der Waals surface area contributed by atoms with Crippen molar-refractivity contribution >= 4 is 27.3 Å². The second-order valence-corrected chi connectivity index (χ2v) is 8.08. The number of thiophene rings is 1. The molecule has 1 aliphatic carbocycles. The van der Waals surface area contributed by atoms with Crippen LogP contribution in [0.4, 0.5) is 0 Å². The van der Waals surface area contributed by atoms with Gasteiger partial charge in [-0.05, 0) is 37.8 Å². The van der Waals surface area contributed by atoms with Crippen LogP contribution in [-0.2, 0) is 10.0 Å². The molecule has 0 saturated heterocycles. The molecule has 1 aromatic heterocycles. The fourth-order valence-electron chi connectivity index (χ4n) is 2.02. The van der Waals surface area contributed by atoms with Crippen LogP contribution in [0, 0.1) is 12.8 Å². The molecule has 2 rings (SSSR count). The molecule has 19 heavy (non-hydrogen) atoms. The third-order valence-corrected chi connectivity index (χ3v) is 6.38. The molecule has 7 heteroatoms. The third kappa shape index (κ3) is 3.55. The standard InChI is InChI=1S/C12H17NO4S2/c1-7-5-10(18-11(7)12(14)15)19(16,17)13-8(2)6-9-3-4-9/h5,8-9,13H,3-4,6H2,1-2H3,(H,14,15). The smallest absolute Gasteiger partial charge is 0.346 e. The monoisotopic (exact) mass is 303 g/mol. The quantitative estimate of drug-likeness (QED) is 0.844. The number of sulfonamides is 1. The van der Waals surface area contributed by atoms with Gasteiger partial charge in [-0.2, -0.15) is 0 Å². The topological polar surface area (TPSA) is 83.5 Å². The first-order valence-corrected chi connectivity index (χ1v) is 8.45. The molecule has 1 aliphatic rings. The molecule has 106 valence electrons. The van der Waals surface area contributed by atoms with Crippen LogP contribution in [0.15, 0.2) is 10.3 Å². The molecule has 0 radical (unpaired) electrons. The Kier molecular flexibility index (Phi) is 3.98. The van der Waals surface area contributed by atoms with E-state index in [0.717, 1.165) is 17.8 Å². The van der Waals surface area contributed by atoms with Gasteiger partial charge in [0.2, 0.25) is 10.0 Å². The SMILES string of the molecule is Cc1cc(S(=O)(=O)NC(C)CC2CC2)sc1C(=O)O. The normalized spacial score (nSPS) is 17.4. The highest BCUT2D eigenvalue weighted by Gasteiger charge is 2.27. The molecular weight excluding hydrogens is 286 g/mol. The van der Waals surface area contributed by atoms with Gasteiger partial charge in [-0.1, -0.05) is 12.8 Å². The summed E-state index contributed by atoms with van der Waals surface area (Å²) in [6.07, 6.45) is 3.19. The molecule has 1 unspecified atom stereocenters. The van der Waals surface area contributed by atoms with Crippen molar-refractivity contribution in [3.8, 4) is 0 Å². The molecule has 2 N–H and O–H groups in total. The number of hydrogen-bond donors (Lipinski definition) is 2. The van der Waals surface area contributed by atoms with Crippen molar-refractivity contribution in [1.82, 2.24) is 4.72 Å². The summed E-state index contributed by atoms with van der Waals surface area (Å²) in [6.45, 7) is 3.45. The Morgan fingerprint density at radius 1 is 1.58 bits per heavy atom. The van der Waals surface area contributed by atoms with E-state index in [-0.39, 0.29) is 15.1 Å². The fraction of sp³-hybridized carbons (Fsp3) is 0.583. The van der Waals surface area contributed by atoms with Crippen LogP contribution in [0.5, 0.6) is 0 Å². The van der Waals surface area contributed by atoms with Crippen LogP contribution in [0.25, 0.3) is 0 Å².